The first-order valence-electron chi connectivity index (χ1n) is 6.46. The van der Waals surface area contributed by atoms with E-state index in [9.17, 15) is 0 Å². The number of hydrogen-bond donors (Lipinski definition) is 1. The molecular formula is C13H23BrN4. The topological polar surface area (TPSA) is 41.1 Å². The Morgan fingerprint density at radius 2 is 2.06 bits per heavy atom. The summed E-state index contributed by atoms with van der Waals surface area (Å²) in [5.74, 6) is 2.20. The van der Waals surface area contributed by atoms with Crippen LogP contribution in [0.4, 0.5) is 11.8 Å². The highest BCUT2D eigenvalue weighted by molar-refractivity contribution is 9.10. The average Bonchev–Trinajstić information content (AvgIpc) is 2.36. The van der Waals surface area contributed by atoms with Crippen molar-refractivity contribution in [3.8, 4) is 0 Å². The molecule has 0 aliphatic heterocycles. The Balaban J connectivity index is 2.92. The summed E-state index contributed by atoms with van der Waals surface area (Å²) in [4.78, 5) is 11.0. The molecule has 1 atom stereocenters. The van der Waals surface area contributed by atoms with Gasteiger partial charge < -0.3 is 10.2 Å². The molecule has 1 rings (SSSR count). The molecule has 1 aromatic heterocycles. The van der Waals surface area contributed by atoms with Gasteiger partial charge in [0.2, 0.25) is 5.95 Å². The van der Waals surface area contributed by atoms with Crippen LogP contribution in [0.3, 0.4) is 0 Å². The summed E-state index contributed by atoms with van der Waals surface area (Å²) in [6, 6.07) is 0.426. The number of hydrogen-bond acceptors (Lipinski definition) is 4. The van der Waals surface area contributed by atoms with Gasteiger partial charge in [0.15, 0.2) is 0 Å². The second-order valence-corrected chi connectivity index (χ2v) is 5.74. The standard InChI is InChI=1S/C13H23BrN4/c1-6-7-15-13-16-8-11(14)12(17-13)18(5)10(4)9(2)3/h8-10H,6-7H2,1-5H3,(H,15,16,17). The van der Waals surface area contributed by atoms with Gasteiger partial charge in [0.05, 0.1) is 4.47 Å². The predicted molar refractivity (Wildman–Crippen MR) is 81.2 cm³/mol. The molecule has 0 radical (unpaired) electrons. The van der Waals surface area contributed by atoms with Gasteiger partial charge in [-0.3, -0.25) is 0 Å². The molecule has 1 aromatic rings. The third-order valence-corrected chi connectivity index (χ3v) is 3.73. The second kappa shape index (κ2) is 6.92. The van der Waals surface area contributed by atoms with Crippen molar-refractivity contribution in [3.05, 3.63) is 10.7 Å². The Hall–Kier alpha value is -0.840. The largest absolute Gasteiger partial charge is 0.356 e. The molecule has 5 heteroatoms. The third kappa shape index (κ3) is 3.83. The van der Waals surface area contributed by atoms with Gasteiger partial charge >= 0.3 is 0 Å². The van der Waals surface area contributed by atoms with Crippen molar-refractivity contribution >= 4 is 27.7 Å². The van der Waals surface area contributed by atoms with Crippen molar-refractivity contribution in [1.29, 1.82) is 0 Å². The summed E-state index contributed by atoms with van der Waals surface area (Å²) in [6.45, 7) is 9.65. The number of nitrogens with zero attached hydrogens (tertiary/aromatic N) is 3. The summed E-state index contributed by atoms with van der Waals surface area (Å²) in [5, 5.41) is 3.22. The zero-order chi connectivity index (χ0) is 13.7. The lowest BCUT2D eigenvalue weighted by Crippen LogP contribution is -2.34. The zero-order valence-electron chi connectivity index (χ0n) is 11.9. The molecule has 0 amide bonds. The lowest BCUT2D eigenvalue weighted by molar-refractivity contribution is 0.502. The number of aromatic nitrogens is 2. The molecule has 4 nitrogen and oxygen atoms in total. The quantitative estimate of drug-likeness (QED) is 0.872. The fourth-order valence-electron chi connectivity index (χ4n) is 1.57. The van der Waals surface area contributed by atoms with E-state index in [0.717, 1.165) is 23.3 Å². The van der Waals surface area contributed by atoms with Gasteiger partial charge in [-0.2, -0.15) is 4.98 Å². The van der Waals surface area contributed by atoms with Crippen LogP contribution in [0.15, 0.2) is 10.7 Å². The lowest BCUT2D eigenvalue weighted by Gasteiger charge is -2.29. The number of rotatable bonds is 6. The van der Waals surface area contributed by atoms with E-state index >= 15 is 0 Å². The normalized spacial score (nSPS) is 12.6. The molecule has 1 unspecified atom stereocenters. The van der Waals surface area contributed by atoms with Gasteiger partial charge in [-0.1, -0.05) is 20.8 Å². The van der Waals surface area contributed by atoms with E-state index in [1.807, 2.05) is 6.20 Å². The minimum Gasteiger partial charge on any atom is -0.356 e. The third-order valence-electron chi connectivity index (χ3n) is 3.17. The van der Waals surface area contributed by atoms with E-state index in [4.69, 9.17) is 0 Å². The molecule has 0 aliphatic rings. The smallest absolute Gasteiger partial charge is 0.224 e. The second-order valence-electron chi connectivity index (χ2n) is 4.89. The monoisotopic (exact) mass is 314 g/mol. The lowest BCUT2D eigenvalue weighted by atomic mass is 10.1. The van der Waals surface area contributed by atoms with Crippen LogP contribution >= 0.6 is 15.9 Å². The van der Waals surface area contributed by atoms with Gasteiger partial charge in [0.25, 0.3) is 0 Å². The molecule has 0 aliphatic carbocycles. The van der Waals surface area contributed by atoms with Crippen LogP contribution in [-0.4, -0.2) is 29.6 Å². The molecule has 0 saturated carbocycles. The number of halogens is 1. The number of anilines is 2. The molecule has 0 fully saturated rings. The molecule has 0 bridgehead atoms. The molecule has 102 valence electrons. The van der Waals surface area contributed by atoms with Gasteiger partial charge in [-0.05, 0) is 35.2 Å². The van der Waals surface area contributed by atoms with Crippen molar-refractivity contribution < 1.29 is 0 Å². The maximum absolute atomic E-state index is 4.57. The van der Waals surface area contributed by atoms with Crippen LogP contribution in [0, 0.1) is 5.92 Å². The van der Waals surface area contributed by atoms with Crippen molar-refractivity contribution in [1.82, 2.24) is 9.97 Å². The Morgan fingerprint density at radius 1 is 1.39 bits per heavy atom. The minimum absolute atomic E-state index is 0.426. The van der Waals surface area contributed by atoms with Crippen molar-refractivity contribution in [3.63, 3.8) is 0 Å². The highest BCUT2D eigenvalue weighted by atomic mass is 79.9. The van der Waals surface area contributed by atoms with Gasteiger partial charge in [-0.25, -0.2) is 4.98 Å². The first-order chi connectivity index (χ1) is 8.47. The summed E-state index contributed by atoms with van der Waals surface area (Å²) in [6.07, 6.45) is 2.87. The molecular weight excluding hydrogens is 292 g/mol. The molecule has 1 heterocycles. The maximum atomic E-state index is 4.57. The van der Waals surface area contributed by atoms with E-state index in [-0.39, 0.29) is 0 Å². The molecule has 18 heavy (non-hydrogen) atoms. The highest BCUT2D eigenvalue weighted by Crippen LogP contribution is 2.26. The van der Waals surface area contributed by atoms with Crippen LogP contribution in [0.1, 0.15) is 34.1 Å². The molecule has 1 N–H and O–H groups in total. The van der Waals surface area contributed by atoms with E-state index < -0.39 is 0 Å². The highest BCUT2D eigenvalue weighted by Gasteiger charge is 2.17. The van der Waals surface area contributed by atoms with E-state index in [1.54, 1.807) is 0 Å². The summed E-state index contributed by atoms with van der Waals surface area (Å²) >= 11 is 3.52. The summed E-state index contributed by atoms with van der Waals surface area (Å²) in [7, 11) is 2.07. The molecule has 0 aromatic carbocycles. The van der Waals surface area contributed by atoms with E-state index in [0.29, 0.717) is 17.9 Å². The molecule has 0 saturated heterocycles. The van der Waals surface area contributed by atoms with Crippen molar-refractivity contribution in [2.45, 2.75) is 40.2 Å². The first kappa shape index (κ1) is 15.2. The Labute approximate surface area is 118 Å². The fourth-order valence-corrected chi connectivity index (χ4v) is 2.04. The van der Waals surface area contributed by atoms with Crippen LogP contribution in [0.2, 0.25) is 0 Å². The SMILES string of the molecule is CCCNc1ncc(Br)c(N(C)C(C)C(C)C)n1. The fraction of sp³-hybridized carbons (Fsp3) is 0.692. The zero-order valence-corrected chi connectivity index (χ0v) is 13.5. The maximum Gasteiger partial charge on any atom is 0.224 e. The van der Waals surface area contributed by atoms with Crippen LogP contribution in [0.25, 0.3) is 0 Å². The average molecular weight is 315 g/mol. The minimum atomic E-state index is 0.426. The van der Waals surface area contributed by atoms with Crippen LogP contribution < -0.4 is 10.2 Å². The van der Waals surface area contributed by atoms with E-state index in [1.165, 1.54) is 0 Å². The van der Waals surface area contributed by atoms with Gasteiger partial charge in [-0.15, -0.1) is 0 Å². The Morgan fingerprint density at radius 3 is 2.61 bits per heavy atom. The van der Waals surface area contributed by atoms with Crippen LogP contribution in [0.5, 0.6) is 0 Å². The van der Waals surface area contributed by atoms with Crippen LogP contribution in [-0.2, 0) is 0 Å². The summed E-state index contributed by atoms with van der Waals surface area (Å²) in [5.41, 5.74) is 0. The number of nitrogens with one attached hydrogen (secondary N) is 1. The molecule has 0 spiro atoms. The van der Waals surface area contributed by atoms with Gasteiger partial charge in [0.1, 0.15) is 5.82 Å². The predicted octanol–water partition coefficient (Wildman–Crippen LogP) is 3.54. The Bertz CT molecular complexity index is 381. The van der Waals surface area contributed by atoms with Crippen molar-refractivity contribution in [2.75, 3.05) is 23.8 Å². The summed E-state index contributed by atoms with van der Waals surface area (Å²) < 4.78 is 0.930. The van der Waals surface area contributed by atoms with Crippen molar-refractivity contribution in [2.24, 2.45) is 5.92 Å². The Kier molecular flexibility index (Phi) is 5.85. The van der Waals surface area contributed by atoms with Gasteiger partial charge in [0, 0.05) is 25.8 Å². The van der Waals surface area contributed by atoms with E-state index in [2.05, 4.69) is 70.9 Å². The first-order valence-corrected chi connectivity index (χ1v) is 7.25.